The summed E-state index contributed by atoms with van der Waals surface area (Å²) in [6.45, 7) is 8.91. The first kappa shape index (κ1) is 29.7. The third-order valence-electron chi connectivity index (χ3n) is 7.64. The summed E-state index contributed by atoms with van der Waals surface area (Å²) in [4.78, 5) is 19.1. The van der Waals surface area contributed by atoms with Crippen molar-refractivity contribution < 1.29 is 23.4 Å². The van der Waals surface area contributed by atoms with Crippen molar-refractivity contribution in [1.82, 2.24) is 9.88 Å². The summed E-state index contributed by atoms with van der Waals surface area (Å²) in [5.41, 5.74) is 2.83. The topological polar surface area (TPSA) is 60.9 Å². The van der Waals surface area contributed by atoms with Crippen LogP contribution in [-0.4, -0.2) is 49.9 Å². The molecule has 0 N–H and O–H groups in total. The Morgan fingerprint density at radius 2 is 1.79 bits per heavy atom. The van der Waals surface area contributed by atoms with E-state index in [1.807, 2.05) is 54.6 Å². The summed E-state index contributed by atoms with van der Waals surface area (Å²) >= 11 is 0. The van der Waals surface area contributed by atoms with Crippen molar-refractivity contribution in [1.29, 1.82) is 0 Å². The predicted octanol–water partition coefficient (Wildman–Crippen LogP) is 7.80. The lowest BCUT2D eigenvalue weighted by Gasteiger charge is -2.38. The van der Waals surface area contributed by atoms with E-state index in [1.54, 1.807) is 11.1 Å². The van der Waals surface area contributed by atoms with Gasteiger partial charge in [-0.05, 0) is 65.4 Å². The van der Waals surface area contributed by atoms with Gasteiger partial charge in [-0.2, -0.15) is 0 Å². The fourth-order valence-corrected chi connectivity index (χ4v) is 5.97. The number of benzene rings is 3. The number of ether oxygens (including phenoxy) is 3. The lowest BCUT2D eigenvalue weighted by atomic mass is 9.87. The Morgan fingerprint density at radius 3 is 2.55 bits per heavy atom. The molecular weight excluding hydrogens is 547 g/mol. The van der Waals surface area contributed by atoms with E-state index in [2.05, 4.69) is 36.8 Å². The molecule has 1 saturated heterocycles. The minimum atomic E-state index is -1.31. The Kier molecular flexibility index (Phi) is 9.54. The first-order chi connectivity index (χ1) is 20.2. The van der Waals surface area contributed by atoms with Gasteiger partial charge < -0.3 is 19.1 Å². The third kappa shape index (κ3) is 7.95. The van der Waals surface area contributed by atoms with Crippen LogP contribution in [-0.2, 0) is 22.7 Å². The molecule has 1 fully saturated rings. The number of carbonyl (C=O) groups excluding carboxylic acids is 1. The van der Waals surface area contributed by atoms with Gasteiger partial charge in [-0.1, -0.05) is 62.1 Å². The van der Waals surface area contributed by atoms with E-state index in [0.29, 0.717) is 39.3 Å². The molecule has 42 heavy (non-hydrogen) atoms. The average Bonchev–Trinajstić information content (AvgIpc) is 2.99. The third-order valence-corrected chi connectivity index (χ3v) is 9.35. The number of carbonyl (C=O) groups is 1. The molecule has 220 valence electrons. The van der Waals surface area contributed by atoms with Gasteiger partial charge in [0, 0.05) is 32.1 Å². The predicted molar refractivity (Wildman–Crippen MR) is 166 cm³/mol. The van der Waals surface area contributed by atoms with Crippen LogP contribution in [0.2, 0.25) is 25.7 Å². The molecule has 8 heteroatoms. The molecule has 0 radical (unpaired) electrons. The quantitative estimate of drug-likeness (QED) is 0.178. The Labute approximate surface area is 248 Å². The molecule has 1 aliphatic heterocycles. The average molecular weight is 587 g/mol. The van der Waals surface area contributed by atoms with Crippen molar-refractivity contribution in [2.75, 3.05) is 19.7 Å². The molecule has 0 aliphatic carbocycles. The van der Waals surface area contributed by atoms with Gasteiger partial charge in [0.1, 0.15) is 18.2 Å². The van der Waals surface area contributed by atoms with Gasteiger partial charge >= 0.3 is 6.09 Å². The number of nitrogens with zero attached hydrogens (tertiary/aromatic N) is 2. The summed E-state index contributed by atoms with van der Waals surface area (Å²) in [6.07, 6.45) is 1.89. The van der Waals surface area contributed by atoms with Crippen molar-refractivity contribution in [2.24, 2.45) is 0 Å². The smallest absolute Gasteiger partial charge is 0.409 e. The van der Waals surface area contributed by atoms with Gasteiger partial charge in [0.2, 0.25) is 0 Å². The van der Waals surface area contributed by atoms with Crippen molar-refractivity contribution in [3.8, 4) is 5.75 Å². The Bertz CT molecular complexity index is 1480. The van der Waals surface area contributed by atoms with Crippen LogP contribution in [0.25, 0.3) is 10.8 Å². The van der Waals surface area contributed by atoms with E-state index in [-0.39, 0.29) is 23.9 Å². The summed E-state index contributed by atoms with van der Waals surface area (Å²) in [5.74, 6) is 0.523. The molecule has 0 bridgehead atoms. The van der Waals surface area contributed by atoms with Crippen LogP contribution in [0.5, 0.6) is 5.75 Å². The monoisotopic (exact) mass is 586 g/mol. The van der Waals surface area contributed by atoms with Crippen LogP contribution in [0.15, 0.2) is 85.1 Å². The minimum absolute atomic E-state index is 0.0250. The lowest BCUT2D eigenvalue weighted by molar-refractivity contribution is -0.0234. The van der Waals surface area contributed by atoms with Crippen LogP contribution in [0.1, 0.15) is 29.2 Å². The number of hydrogen-bond donors (Lipinski definition) is 0. The molecule has 3 aromatic carbocycles. The SMILES string of the molecule is C[Si](C)(C)CCOC(=O)N1CCC(c2ccc(F)cc2)C(OCc2cc(OCc3ccccn3)c3ccccc3c2)C1. The van der Waals surface area contributed by atoms with E-state index in [4.69, 9.17) is 14.2 Å². The van der Waals surface area contributed by atoms with E-state index in [0.717, 1.165) is 39.4 Å². The fourth-order valence-electron chi connectivity index (χ4n) is 5.25. The van der Waals surface area contributed by atoms with E-state index < -0.39 is 8.07 Å². The normalized spacial score (nSPS) is 17.3. The van der Waals surface area contributed by atoms with E-state index >= 15 is 0 Å². The minimum Gasteiger partial charge on any atom is -0.487 e. The number of fused-ring (bicyclic) bond motifs is 1. The molecule has 1 amide bonds. The molecular formula is C34H39FN2O4Si. The highest BCUT2D eigenvalue weighted by Gasteiger charge is 2.34. The van der Waals surface area contributed by atoms with Gasteiger partial charge in [-0.3, -0.25) is 4.98 Å². The number of pyridine rings is 1. The number of hydrogen-bond acceptors (Lipinski definition) is 5. The van der Waals surface area contributed by atoms with Crippen molar-refractivity contribution in [3.05, 3.63) is 108 Å². The molecule has 2 heterocycles. The number of piperidine rings is 1. The summed E-state index contributed by atoms with van der Waals surface area (Å²) in [6, 6.07) is 25.5. The summed E-state index contributed by atoms with van der Waals surface area (Å²) < 4.78 is 32.2. The first-order valence-corrected chi connectivity index (χ1v) is 18.3. The largest absolute Gasteiger partial charge is 0.487 e. The van der Waals surface area contributed by atoms with Crippen LogP contribution in [0.4, 0.5) is 9.18 Å². The van der Waals surface area contributed by atoms with Crippen molar-refractivity contribution in [2.45, 2.75) is 57.3 Å². The van der Waals surface area contributed by atoms with Gasteiger partial charge in [0.05, 0.1) is 31.6 Å². The zero-order valence-corrected chi connectivity index (χ0v) is 25.6. The highest BCUT2D eigenvalue weighted by molar-refractivity contribution is 6.76. The molecule has 2 unspecified atom stereocenters. The van der Waals surface area contributed by atoms with E-state index in [9.17, 15) is 9.18 Å². The highest BCUT2D eigenvalue weighted by atomic mass is 28.3. The molecule has 1 aliphatic rings. The molecule has 5 rings (SSSR count). The summed E-state index contributed by atoms with van der Waals surface area (Å²) in [7, 11) is -1.31. The molecule has 4 aromatic rings. The van der Waals surface area contributed by atoms with Gasteiger partial charge in [0.15, 0.2) is 0 Å². The zero-order valence-electron chi connectivity index (χ0n) is 24.6. The second kappa shape index (κ2) is 13.5. The van der Waals surface area contributed by atoms with Gasteiger partial charge in [-0.25, -0.2) is 9.18 Å². The maximum Gasteiger partial charge on any atom is 0.409 e. The fraction of sp³-hybridized carbons (Fsp3) is 0.353. The second-order valence-corrected chi connectivity index (χ2v) is 17.7. The molecule has 2 atom stereocenters. The number of likely N-dealkylation sites (tertiary alicyclic amines) is 1. The Balaban J connectivity index is 1.33. The standard InChI is InChI=1S/C34H39FN2O4Si/c1-42(2,3)19-18-39-34(38)37-17-15-31(26-11-13-28(35)14-12-26)33(22-37)40-23-25-20-27-8-4-5-10-30(27)32(21-25)41-24-29-9-6-7-16-36-29/h4-14,16,20-21,31,33H,15,17-19,22-24H2,1-3H3. The van der Waals surface area contributed by atoms with Crippen molar-refractivity contribution in [3.63, 3.8) is 0 Å². The molecule has 1 aromatic heterocycles. The Hall–Kier alpha value is -3.75. The van der Waals surface area contributed by atoms with Crippen LogP contribution >= 0.6 is 0 Å². The number of aromatic nitrogens is 1. The van der Waals surface area contributed by atoms with Crippen LogP contribution in [0, 0.1) is 5.82 Å². The van der Waals surface area contributed by atoms with Crippen molar-refractivity contribution >= 4 is 24.9 Å². The van der Waals surface area contributed by atoms with Crippen LogP contribution in [0.3, 0.4) is 0 Å². The second-order valence-electron chi connectivity index (χ2n) is 12.1. The molecule has 0 spiro atoms. The number of halogens is 1. The van der Waals surface area contributed by atoms with Gasteiger partial charge in [-0.15, -0.1) is 0 Å². The number of amides is 1. The maximum atomic E-state index is 13.7. The lowest BCUT2D eigenvalue weighted by Crippen LogP contribution is -2.47. The molecule has 0 saturated carbocycles. The van der Waals surface area contributed by atoms with E-state index in [1.165, 1.54) is 12.1 Å². The first-order valence-electron chi connectivity index (χ1n) is 14.6. The maximum absolute atomic E-state index is 13.7. The number of rotatable bonds is 10. The summed E-state index contributed by atoms with van der Waals surface area (Å²) in [5, 5.41) is 2.08. The van der Waals surface area contributed by atoms with Gasteiger partial charge in [0.25, 0.3) is 0 Å². The zero-order chi connectivity index (χ0) is 29.5. The highest BCUT2D eigenvalue weighted by Crippen LogP contribution is 2.33. The Morgan fingerprint density at radius 1 is 1.00 bits per heavy atom. The van der Waals surface area contributed by atoms with Crippen LogP contribution < -0.4 is 4.74 Å². The molecule has 6 nitrogen and oxygen atoms in total.